The van der Waals surface area contributed by atoms with Crippen LogP contribution in [0.1, 0.15) is 31.7 Å². The lowest BCUT2D eigenvalue weighted by Gasteiger charge is -2.41. The first kappa shape index (κ1) is 15.5. The number of benzene rings is 1. The second-order valence-electron chi connectivity index (χ2n) is 5.88. The fourth-order valence-electron chi connectivity index (χ4n) is 3.28. The molecule has 20 heavy (non-hydrogen) atoms. The average Bonchev–Trinajstić information content (AvgIpc) is 2.51. The Labute approximate surface area is 123 Å². The minimum atomic E-state index is 0.459. The van der Waals surface area contributed by atoms with Crippen molar-refractivity contribution in [2.24, 2.45) is 5.73 Å². The molecule has 1 aliphatic heterocycles. The molecule has 3 nitrogen and oxygen atoms in total. The summed E-state index contributed by atoms with van der Waals surface area (Å²) in [6.07, 6.45) is 1.25. The van der Waals surface area contributed by atoms with Crippen molar-refractivity contribution in [2.75, 3.05) is 39.3 Å². The highest BCUT2D eigenvalue weighted by Crippen LogP contribution is 2.23. The third-order valence-electron chi connectivity index (χ3n) is 4.56. The lowest BCUT2D eigenvalue weighted by Crippen LogP contribution is -2.53. The molecule has 0 bridgehead atoms. The number of hydrogen-bond donors (Lipinski definition) is 1. The SMILES string of the molecule is CCCN1CCN(C(CN)C(C)c2ccccc2)CC1. The summed E-state index contributed by atoms with van der Waals surface area (Å²) in [5.74, 6) is 0.499. The Hall–Kier alpha value is -0.900. The molecule has 1 aromatic rings. The average molecular weight is 275 g/mol. The van der Waals surface area contributed by atoms with E-state index in [9.17, 15) is 0 Å². The Morgan fingerprint density at radius 3 is 2.30 bits per heavy atom. The lowest BCUT2D eigenvalue weighted by atomic mass is 9.91. The van der Waals surface area contributed by atoms with Crippen LogP contribution in [0, 0.1) is 0 Å². The molecule has 1 aromatic carbocycles. The Balaban J connectivity index is 1.95. The van der Waals surface area contributed by atoms with Gasteiger partial charge in [-0.25, -0.2) is 0 Å². The molecule has 1 fully saturated rings. The standard InChI is InChI=1S/C17H29N3/c1-3-9-19-10-12-20(13-11-19)17(14-18)15(2)16-7-5-4-6-8-16/h4-8,15,17H,3,9-14,18H2,1-2H3. The van der Waals surface area contributed by atoms with Crippen molar-refractivity contribution in [2.45, 2.75) is 32.2 Å². The van der Waals surface area contributed by atoms with E-state index < -0.39 is 0 Å². The second kappa shape index (κ2) is 7.77. The highest BCUT2D eigenvalue weighted by Gasteiger charge is 2.27. The highest BCUT2D eigenvalue weighted by atomic mass is 15.3. The highest BCUT2D eigenvalue weighted by molar-refractivity contribution is 5.20. The Bertz CT molecular complexity index is 371. The number of piperazine rings is 1. The van der Waals surface area contributed by atoms with Gasteiger partial charge in [0.2, 0.25) is 0 Å². The maximum atomic E-state index is 6.08. The van der Waals surface area contributed by atoms with Crippen LogP contribution in [0.5, 0.6) is 0 Å². The monoisotopic (exact) mass is 275 g/mol. The van der Waals surface area contributed by atoms with Gasteiger partial charge >= 0.3 is 0 Å². The zero-order valence-corrected chi connectivity index (χ0v) is 13.0. The number of nitrogens with two attached hydrogens (primary N) is 1. The van der Waals surface area contributed by atoms with E-state index in [0.717, 1.165) is 19.6 Å². The van der Waals surface area contributed by atoms with Gasteiger partial charge in [0.1, 0.15) is 0 Å². The predicted octanol–water partition coefficient (Wildman–Crippen LogP) is 2.14. The van der Waals surface area contributed by atoms with Gasteiger partial charge in [-0.3, -0.25) is 4.90 Å². The molecule has 2 rings (SSSR count). The fraction of sp³-hybridized carbons (Fsp3) is 0.647. The van der Waals surface area contributed by atoms with Gasteiger partial charge in [-0.15, -0.1) is 0 Å². The van der Waals surface area contributed by atoms with E-state index in [2.05, 4.69) is 54.0 Å². The smallest absolute Gasteiger partial charge is 0.0285 e. The molecule has 0 radical (unpaired) electrons. The zero-order valence-electron chi connectivity index (χ0n) is 13.0. The Morgan fingerprint density at radius 2 is 1.75 bits per heavy atom. The Morgan fingerprint density at radius 1 is 1.10 bits per heavy atom. The Kier molecular flexibility index (Phi) is 6.02. The van der Waals surface area contributed by atoms with E-state index in [1.54, 1.807) is 0 Å². The van der Waals surface area contributed by atoms with Crippen LogP contribution >= 0.6 is 0 Å². The van der Waals surface area contributed by atoms with Crippen molar-refractivity contribution >= 4 is 0 Å². The molecule has 1 saturated heterocycles. The number of nitrogens with zero attached hydrogens (tertiary/aromatic N) is 2. The van der Waals surface area contributed by atoms with Crippen molar-refractivity contribution in [3.63, 3.8) is 0 Å². The summed E-state index contributed by atoms with van der Waals surface area (Å²) >= 11 is 0. The minimum absolute atomic E-state index is 0.459. The van der Waals surface area contributed by atoms with Crippen LogP contribution in [0.2, 0.25) is 0 Å². The van der Waals surface area contributed by atoms with Gasteiger partial charge in [0.25, 0.3) is 0 Å². The van der Waals surface area contributed by atoms with Crippen LogP contribution in [0.3, 0.4) is 0 Å². The van der Waals surface area contributed by atoms with Crippen LogP contribution in [0.25, 0.3) is 0 Å². The summed E-state index contributed by atoms with van der Waals surface area (Å²) < 4.78 is 0. The summed E-state index contributed by atoms with van der Waals surface area (Å²) in [5.41, 5.74) is 7.48. The van der Waals surface area contributed by atoms with Gasteiger partial charge in [-0.2, -0.15) is 0 Å². The quantitative estimate of drug-likeness (QED) is 0.863. The molecule has 0 amide bonds. The molecule has 2 atom stereocenters. The van der Waals surface area contributed by atoms with E-state index in [1.165, 1.54) is 31.6 Å². The van der Waals surface area contributed by atoms with E-state index in [4.69, 9.17) is 5.73 Å². The minimum Gasteiger partial charge on any atom is -0.329 e. The van der Waals surface area contributed by atoms with Crippen molar-refractivity contribution in [1.82, 2.24) is 9.80 Å². The topological polar surface area (TPSA) is 32.5 Å². The van der Waals surface area contributed by atoms with E-state index in [-0.39, 0.29) is 0 Å². The lowest BCUT2D eigenvalue weighted by molar-refractivity contribution is 0.0894. The molecule has 1 heterocycles. The largest absolute Gasteiger partial charge is 0.329 e. The first-order chi connectivity index (χ1) is 9.76. The molecule has 0 aromatic heterocycles. The number of rotatable bonds is 6. The molecule has 0 spiro atoms. The summed E-state index contributed by atoms with van der Waals surface area (Å²) in [5, 5.41) is 0. The molecule has 1 aliphatic rings. The first-order valence-corrected chi connectivity index (χ1v) is 7.97. The molecule has 3 heteroatoms. The van der Waals surface area contributed by atoms with Crippen molar-refractivity contribution in [3.05, 3.63) is 35.9 Å². The predicted molar refractivity (Wildman–Crippen MR) is 86.0 cm³/mol. The van der Waals surface area contributed by atoms with Crippen LogP contribution in [-0.4, -0.2) is 55.1 Å². The summed E-state index contributed by atoms with van der Waals surface area (Å²) in [6, 6.07) is 11.2. The van der Waals surface area contributed by atoms with Crippen LogP contribution in [0.4, 0.5) is 0 Å². The number of hydrogen-bond acceptors (Lipinski definition) is 3. The second-order valence-corrected chi connectivity index (χ2v) is 5.88. The van der Waals surface area contributed by atoms with Crippen molar-refractivity contribution in [1.29, 1.82) is 0 Å². The summed E-state index contributed by atoms with van der Waals surface area (Å²) in [7, 11) is 0. The van der Waals surface area contributed by atoms with Crippen LogP contribution in [0.15, 0.2) is 30.3 Å². The molecular formula is C17H29N3. The van der Waals surface area contributed by atoms with Crippen LogP contribution < -0.4 is 5.73 Å². The molecule has 0 saturated carbocycles. The van der Waals surface area contributed by atoms with Gasteiger partial charge in [-0.1, -0.05) is 44.2 Å². The van der Waals surface area contributed by atoms with Crippen molar-refractivity contribution < 1.29 is 0 Å². The third-order valence-corrected chi connectivity index (χ3v) is 4.56. The third kappa shape index (κ3) is 3.81. The molecule has 2 unspecified atom stereocenters. The van der Waals surface area contributed by atoms with Gasteiger partial charge in [-0.05, 0) is 24.4 Å². The summed E-state index contributed by atoms with van der Waals surface area (Å²) in [6.45, 7) is 11.2. The van der Waals surface area contributed by atoms with E-state index in [0.29, 0.717) is 12.0 Å². The molecule has 112 valence electrons. The van der Waals surface area contributed by atoms with Gasteiger partial charge < -0.3 is 10.6 Å². The molecular weight excluding hydrogens is 246 g/mol. The molecule has 2 N–H and O–H groups in total. The van der Waals surface area contributed by atoms with Gasteiger partial charge in [0, 0.05) is 38.8 Å². The maximum absolute atomic E-state index is 6.08. The summed E-state index contributed by atoms with van der Waals surface area (Å²) in [4.78, 5) is 5.15. The maximum Gasteiger partial charge on any atom is 0.0285 e. The molecule has 0 aliphatic carbocycles. The zero-order chi connectivity index (χ0) is 14.4. The van der Waals surface area contributed by atoms with Crippen LogP contribution in [-0.2, 0) is 0 Å². The van der Waals surface area contributed by atoms with Gasteiger partial charge in [0.05, 0.1) is 0 Å². The van der Waals surface area contributed by atoms with Crippen molar-refractivity contribution in [3.8, 4) is 0 Å². The normalized spacial score (nSPS) is 20.8. The first-order valence-electron chi connectivity index (χ1n) is 7.97. The van der Waals surface area contributed by atoms with E-state index >= 15 is 0 Å². The fourth-order valence-corrected chi connectivity index (χ4v) is 3.28. The van der Waals surface area contributed by atoms with Gasteiger partial charge in [0.15, 0.2) is 0 Å². The van der Waals surface area contributed by atoms with E-state index in [1.807, 2.05) is 0 Å².